The number of aromatic nitrogens is 2. The number of nitrogens with one attached hydrogen (secondary N) is 1. The van der Waals surface area contributed by atoms with Crippen LogP contribution in [0.15, 0.2) is 29.4 Å². The minimum atomic E-state index is -0.932. The predicted octanol–water partition coefficient (Wildman–Crippen LogP) is 4.48. The smallest absolute Gasteiger partial charge is 0.234 e. The molecule has 29 heavy (non-hydrogen) atoms. The van der Waals surface area contributed by atoms with Crippen LogP contribution in [0, 0.1) is 17.2 Å². The van der Waals surface area contributed by atoms with E-state index in [2.05, 4.69) is 21.4 Å². The van der Waals surface area contributed by atoms with E-state index < -0.39 is 10.8 Å². The first-order chi connectivity index (χ1) is 13.6. The number of benzene rings is 1. The van der Waals surface area contributed by atoms with Crippen LogP contribution in [0.5, 0.6) is 0 Å². The molecule has 6 nitrogen and oxygen atoms in total. The number of anilines is 1. The van der Waals surface area contributed by atoms with Gasteiger partial charge < -0.3 is 11.1 Å². The van der Waals surface area contributed by atoms with Crippen LogP contribution < -0.4 is 11.1 Å². The lowest BCUT2D eigenvalue weighted by Gasteiger charge is -2.28. The summed E-state index contributed by atoms with van der Waals surface area (Å²) in [5.74, 6) is 0.0963. The molecule has 2 rings (SSSR count). The van der Waals surface area contributed by atoms with Crippen LogP contribution in [0.1, 0.15) is 40.3 Å². The molecule has 3 N–H and O–H groups in total. The molecule has 0 aliphatic rings. The van der Waals surface area contributed by atoms with E-state index in [1.54, 1.807) is 26.0 Å². The number of nitrogens with zero attached hydrogens (tertiary/aromatic N) is 3. The number of nitriles is 1. The lowest BCUT2D eigenvalue weighted by molar-refractivity contribution is -0.121. The zero-order chi connectivity index (χ0) is 21.8. The molecule has 0 aliphatic carbocycles. The van der Waals surface area contributed by atoms with Gasteiger partial charge >= 0.3 is 0 Å². The molecule has 1 heterocycles. The summed E-state index contributed by atoms with van der Waals surface area (Å²) in [4.78, 5) is 21.6. The van der Waals surface area contributed by atoms with E-state index in [4.69, 9.17) is 17.3 Å². The molecule has 0 saturated carbocycles. The summed E-state index contributed by atoms with van der Waals surface area (Å²) < 4.78 is 0. The molecule has 1 amide bonds. The normalized spacial score (nSPS) is 14.1. The minimum absolute atomic E-state index is 0.0223. The minimum Gasteiger partial charge on any atom is -0.383 e. The first-order valence-electron chi connectivity index (χ1n) is 9.43. The van der Waals surface area contributed by atoms with E-state index in [-0.39, 0.29) is 11.8 Å². The zero-order valence-electron chi connectivity index (χ0n) is 17.3. The maximum atomic E-state index is 12.6. The molecule has 8 heteroatoms. The Morgan fingerprint density at radius 3 is 2.45 bits per heavy atom. The average Bonchev–Trinajstić information content (AvgIpc) is 2.68. The standard InChI is InChI=1S/C21H26ClN5OS/c1-6-16-17(14-7-9-15(22)10-8-14)18(24)26-20(25-16)29-13(4)19(28)27-21(5,11-23)12(2)3/h7-10,12-13H,6H2,1-5H3,(H,27,28)(H2,24,25,26). The quantitative estimate of drug-likeness (QED) is 0.494. The Bertz CT molecular complexity index is 926. The van der Waals surface area contributed by atoms with Gasteiger partial charge in [-0.2, -0.15) is 5.26 Å². The van der Waals surface area contributed by atoms with Crippen molar-refractivity contribution < 1.29 is 4.79 Å². The number of rotatable bonds is 7. The first-order valence-corrected chi connectivity index (χ1v) is 10.7. The summed E-state index contributed by atoms with van der Waals surface area (Å²) >= 11 is 7.20. The molecule has 0 fully saturated rings. The van der Waals surface area contributed by atoms with Crippen LogP contribution >= 0.6 is 23.4 Å². The SMILES string of the molecule is CCc1nc(SC(C)C(=O)NC(C)(C#N)C(C)C)nc(N)c1-c1ccc(Cl)cc1. The molecular weight excluding hydrogens is 406 g/mol. The fourth-order valence-corrected chi connectivity index (χ4v) is 3.54. The molecule has 0 bridgehead atoms. The molecule has 2 atom stereocenters. The Labute approximate surface area is 181 Å². The van der Waals surface area contributed by atoms with E-state index in [0.717, 1.165) is 16.8 Å². The highest BCUT2D eigenvalue weighted by Gasteiger charge is 2.32. The van der Waals surface area contributed by atoms with Crippen molar-refractivity contribution in [3.8, 4) is 17.2 Å². The van der Waals surface area contributed by atoms with Gasteiger partial charge in [-0.25, -0.2) is 9.97 Å². The molecule has 2 aromatic rings. The van der Waals surface area contributed by atoms with Crippen LogP contribution in [0.3, 0.4) is 0 Å². The van der Waals surface area contributed by atoms with Crippen molar-refractivity contribution in [2.45, 2.75) is 57.0 Å². The molecule has 0 saturated heterocycles. The van der Waals surface area contributed by atoms with Crippen molar-refractivity contribution in [3.63, 3.8) is 0 Å². The van der Waals surface area contributed by atoms with Crippen LogP contribution in [0.4, 0.5) is 5.82 Å². The van der Waals surface area contributed by atoms with Gasteiger partial charge in [0.15, 0.2) is 5.16 Å². The van der Waals surface area contributed by atoms with Crippen molar-refractivity contribution in [1.29, 1.82) is 5.26 Å². The van der Waals surface area contributed by atoms with E-state index >= 15 is 0 Å². The number of carbonyl (C=O) groups excluding carboxylic acids is 1. The third kappa shape index (κ3) is 5.40. The average molecular weight is 432 g/mol. The lowest BCUT2D eigenvalue weighted by Crippen LogP contribution is -2.51. The molecule has 1 aromatic carbocycles. The molecule has 2 unspecified atom stereocenters. The van der Waals surface area contributed by atoms with Gasteiger partial charge in [0.25, 0.3) is 0 Å². The van der Waals surface area contributed by atoms with Gasteiger partial charge in [-0.05, 0) is 43.9 Å². The number of nitrogen functional groups attached to an aromatic ring is 1. The van der Waals surface area contributed by atoms with Crippen molar-refractivity contribution in [3.05, 3.63) is 35.0 Å². The number of halogens is 1. The largest absolute Gasteiger partial charge is 0.383 e. The highest BCUT2D eigenvalue weighted by Crippen LogP contribution is 2.32. The van der Waals surface area contributed by atoms with E-state index in [0.29, 0.717) is 22.4 Å². The number of nitrogens with two attached hydrogens (primary N) is 1. The molecule has 0 aliphatic heterocycles. The third-order valence-electron chi connectivity index (χ3n) is 4.88. The second-order valence-electron chi connectivity index (χ2n) is 7.29. The highest BCUT2D eigenvalue weighted by atomic mass is 35.5. The Morgan fingerprint density at radius 2 is 1.93 bits per heavy atom. The highest BCUT2D eigenvalue weighted by molar-refractivity contribution is 8.00. The molecule has 1 aromatic heterocycles. The zero-order valence-corrected chi connectivity index (χ0v) is 18.9. The number of amides is 1. The lowest BCUT2D eigenvalue weighted by atomic mass is 9.90. The van der Waals surface area contributed by atoms with Crippen LogP contribution in [-0.4, -0.2) is 26.7 Å². The first kappa shape index (κ1) is 23.0. The van der Waals surface area contributed by atoms with Gasteiger partial charge in [-0.1, -0.05) is 56.3 Å². The van der Waals surface area contributed by atoms with Crippen molar-refractivity contribution >= 4 is 35.1 Å². The Kier molecular flexibility index (Phi) is 7.50. The molecule has 0 radical (unpaired) electrons. The summed E-state index contributed by atoms with van der Waals surface area (Å²) in [5, 5.41) is 12.8. The fourth-order valence-electron chi connectivity index (χ4n) is 2.61. The van der Waals surface area contributed by atoms with Gasteiger partial charge in [0.05, 0.1) is 17.0 Å². The van der Waals surface area contributed by atoms with Crippen LogP contribution in [0.2, 0.25) is 5.02 Å². The predicted molar refractivity (Wildman–Crippen MR) is 119 cm³/mol. The molecule has 154 valence electrons. The van der Waals surface area contributed by atoms with Gasteiger partial charge in [0.2, 0.25) is 5.91 Å². The number of carbonyl (C=O) groups is 1. The second kappa shape index (κ2) is 9.47. The number of hydrogen-bond acceptors (Lipinski definition) is 6. The Hall–Kier alpha value is -2.30. The van der Waals surface area contributed by atoms with E-state index in [1.807, 2.05) is 32.9 Å². The summed E-state index contributed by atoms with van der Waals surface area (Å²) in [6, 6.07) is 9.54. The van der Waals surface area contributed by atoms with Gasteiger partial charge in [-0.15, -0.1) is 0 Å². The molecule has 0 spiro atoms. The third-order valence-corrected chi connectivity index (χ3v) is 6.09. The maximum absolute atomic E-state index is 12.6. The topological polar surface area (TPSA) is 105 Å². The maximum Gasteiger partial charge on any atom is 0.234 e. The number of thioether (sulfide) groups is 1. The monoisotopic (exact) mass is 431 g/mol. The second-order valence-corrected chi connectivity index (χ2v) is 9.04. The van der Waals surface area contributed by atoms with Crippen LogP contribution in [-0.2, 0) is 11.2 Å². The summed E-state index contributed by atoms with van der Waals surface area (Å²) in [6.07, 6.45) is 0.665. The van der Waals surface area contributed by atoms with E-state index in [9.17, 15) is 10.1 Å². The summed E-state index contributed by atoms with van der Waals surface area (Å²) in [5.41, 5.74) is 7.79. The van der Waals surface area contributed by atoms with Gasteiger partial charge in [0.1, 0.15) is 11.4 Å². The fraction of sp³-hybridized carbons (Fsp3) is 0.429. The Morgan fingerprint density at radius 1 is 1.31 bits per heavy atom. The van der Waals surface area contributed by atoms with Crippen molar-refractivity contribution in [1.82, 2.24) is 15.3 Å². The summed E-state index contributed by atoms with van der Waals surface area (Å²) in [7, 11) is 0. The van der Waals surface area contributed by atoms with Crippen LogP contribution in [0.25, 0.3) is 11.1 Å². The number of hydrogen-bond donors (Lipinski definition) is 2. The van der Waals surface area contributed by atoms with E-state index in [1.165, 1.54) is 11.8 Å². The Balaban J connectivity index is 2.26. The van der Waals surface area contributed by atoms with Gasteiger partial charge in [-0.3, -0.25) is 4.79 Å². The number of aryl methyl sites for hydroxylation is 1. The van der Waals surface area contributed by atoms with Crippen molar-refractivity contribution in [2.75, 3.05) is 5.73 Å². The molecular formula is C21H26ClN5OS. The van der Waals surface area contributed by atoms with Gasteiger partial charge in [0, 0.05) is 10.6 Å². The summed E-state index contributed by atoms with van der Waals surface area (Å²) in [6.45, 7) is 9.27. The van der Waals surface area contributed by atoms with Crippen molar-refractivity contribution in [2.24, 2.45) is 5.92 Å².